The molecule has 0 bridgehead atoms. The number of benzene rings is 2. The maximum Gasteiger partial charge on any atom is 0.252 e. The molecule has 3 nitrogen and oxygen atoms in total. The number of aliphatic hydroxyl groups is 1. The number of hydrogen-bond donors (Lipinski definition) is 1. The highest BCUT2D eigenvalue weighted by Crippen LogP contribution is 2.47. The van der Waals surface area contributed by atoms with Crippen molar-refractivity contribution in [1.82, 2.24) is 4.90 Å². The van der Waals surface area contributed by atoms with Gasteiger partial charge in [-0.3, -0.25) is 4.79 Å². The zero-order valence-corrected chi connectivity index (χ0v) is 12.3. The summed E-state index contributed by atoms with van der Waals surface area (Å²) in [7, 11) is 0. The molecule has 0 aliphatic carbocycles. The molecule has 2 aliphatic rings. The van der Waals surface area contributed by atoms with E-state index in [1.165, 1.54) is 21.9 Å². The fraction of sp³-hybridized carbons (Fsp3) is 0.389. The first-order valence-electron chi connectivity index (χ1n) is 7.51. The average Bonchev–Trinajstić information content (AvgIpc) is 2.75. The minimum absolute atomic E-state index is 0.0101. The smallest absolute Gasteiger partial charge is 0.252 e. The molecule has 2 aromatic rings. The van der Waals surface area contributed by atoms with Crippen LogP contribution in [0.4, 0.5) is 0 Å². The summed E-state index contributed by atoms with van der Waals surface area (Å²) < 4.78 is 0. The summed E-state index contributed by atoms with van der Waals surface area (Å²) in [6.07, 6.45) is 0.485. The number of hydrogen-bond acceptors (Lipinski definition) is 2. The Hall–Kier alpha value is -1.87. The second-order valence-corrected chi connectivity index (χ2v) is 6.82. The van der Waals surface area contributed by atoms with E-state index in [0.29, 0.717) is 6.42 Å². The molecular formula is C18H19NO2. The van der Waals surface area contributed by atoms with E-state index in [0.717, 1.165) is 6.42 Å². The second-order valence-electron chi connectivity index (χ2n) is 6.82. The molecule has 1 N–H and O–H groups in total. The summed E-state index contributed by atoms with van der Waals surface area (Å²) >= 11 is 0. The Kier molecular flexibility index (Phi) is 2.49. The topological polar surface area (TPSA) is 40.5 Å². The fourth-order valence-corrected chi connectivity index (χ4v) is 4.10. The predicted molar refractivity (Wildman–Crippen MR) is 81.9 cm³/mol. The van der Waals surface area contributed by atoms with Crippen LogP contribution in [0, 0.1) is 0 Å². The lowest BCUT2D eigenvalue weighted by atomic mass is 9.80. The van der Waals surface area contributed by atoms with Crippen LogP contribution in [0.3, 0.4) is 0 Å². The van der Waals surface area contributed by atoms with E-state index >= 15 is 0 Å². The number of aliphatic hydroxyl groups excluding tert-OH is 1. The number of nitrogens with zero attached hydrogens (tertiary/aromatic N) is 1. The lowest BCUT2D eigenvalue weighted by Crippen LogP contribution is -2.51. The van der Waals surface area contributed by atoms with Crippen LogP contribution in [0.5, 0.6) is 0 Å². The molecule has 3 heteroatoms. The van der Waals surface area contributed by atoms with Crippen molar-refractivity contribution in [3.63, 3.8) is 0 Å². The van der Waals surface area contributed by atoms with Gasteiger partial charge >= 0.3 is 0 Å². The molecule has 2 heterocycles. The van der Waals surface area contributed by atoms with E-state index in [4.69, 9.17) is 0 Å². The van der Waals surface area contributed by atoms with E-state index in [2.05, 4.69) is 50.2 Å². The lowest BCUT2D eigenvalue weighted by molar-refractivity contribution is -0.140. The highest BCUT2D eigenvalue weighted by atomic mass is 16.3. The van der Waals surface area contributed by atoms with Crippen LogP contribution < -0.4 is 0 Å². The van der Waals surface area contributed by atoms with Crippen LogP contribution in [0.25, 0.3) is 10.8 Å². The maximum atomic E-state index is 12.3. The van der Waals surface area contributed by atoms with Gasteiger partial charge in [-0.15, -0.1) is 0 Å². The van der Waals surface area contributed by atoms with Crippen molar-refractivity contribution in [2.45, 2.75) is 44.4 Å². The summed E-state index contributed by atoms with van der Waals surface area (Å²) in [6, 6.07) is 12.7. The molecule has 21 heavy (non-hydrogen) atoms. The molecule has 2 aromatic carbocycles. The Morgan fingerprint density at radius 2 is 1.95 bits per heavy atom. The number of amides is 1. The quantitative estimate of drug-likeness (QED) is 0.806. The largest absolute Gasteiger partial charge is 0.383 e. The Bertz CT molecular complexity index is 750. The third kappa shape index (κ3) is 1.67. The Morgan fingerprint density at radius 1 is 1.19 bits per heavy atom. The van der Waals surface area contributed by atoms with Crippen molar-refractivity contribution in [1.29, 1.82) is 0 Å². The van der Waals surface area contributed by atoms with Gasteiger partial charge in [-0.1, -0.05) is 36.4 Å². The first-order chi connectivity index (χ1) is 9.99. The summed E-state index contributed by atoms with van der Waals surface area (Å²) in [4.78, 5) is 14.2. The maximum absolute atomic E-state index is 12.3. The monoisotopic (exact) mass is 281 g/mol. The minimum Gasteiger partial charge on any atom is -0.383 e. The molecular weight excluding hydrogens is 262 g/mol. The normalized spacial score (nSPS) is 26.8. The molecule has 4 rings (SSSR count). The second kappa shape index (κ2) is 4.08. The first kappa shape index (κ1) is 12.8. The Morgan fingerprint density at radius 3 is 2.76 bits per heavy atom. The van der Waals surface area contributed by atoms with Crippen LogP contribution in [0.1, 0.15) is 37.4 Å². The number of carbonyl (C=O) groups is 1. The third-order valence-corrected chi connectivity index (χ3v) is 4.98. The van der Waals surface area contributed by atoms with Gasteiger partial charge in [-0.05, 0) is 42.2 Å². The van der Waals surface area contributed by atoms with Gasteiger partial charge in [0.25, 0.3) is 5.91 Å². The molecule has 1 saturated heterocycles. The van der Waals surface area contributed by atoms with E-state index in [9.17, 15) is 9.90 Å². The summed E-state index contributed by atoms with van der Waals surface area (Å²) in [6.45, 7) is 4.20. The molecule has 2 atom stereocenters. The van der Waals surface area contributed by atoms with E-state index in [1.54, 1.807) is 0 Å². The summed E-state index contributed by atoms with van der Waals surface area (Å²) in [5.74, 6) is -0.121. The molecule has 0 aromatic heterocycles. The molecule has 0 spiro atoms. The molecule has 2 aliphatic heterocycles. The van der Waals surface area contributed by atoms with Gasteiger partial charge in [0, 0.05) is 12.0 Å². The van der Waals surface area contributed by atoms with Gasteiger partial charge in [0.05, 0.1) is 6.04 Å². The zero-order valence-electron chi connectivity index (χ0n) is 12.3. The average molecular weight is 281 g/mol. The van der Waals surface area contributed by atoms with Crippen LogP contribution >= 0.6 is 0 Å². The van der Waals surface area contributed by atoms with E-state index < -0.39 is 6.10 Å². The molecule has 1 fully saturated rings. The van der Waals surface area contributed by atoms with Crippen molar-refractivity contribution in [2.75, 3.05) is 0 Å². The van der Waals surface area contributed by atoms with Crippen molar-refractivity contribution < 1.29 is 9.90 Å². The van der Waals surface area contributed by atoms with Gasteiger partial charge < -0.3 is 10.0 Å². The Balaban J connectivity index is 1.98. The molecule has 1 amide bonds. The van der Waals surface area contributed by atoms with Gasteiger partial charge in [0.15, 0.2) is 0 Å². The van der Waals surface area contributed by atoms with Gasteiger partial charge in [0.1, 0.15) is 6.10 Å². The molecule has 2 unspecified atom stereocenters. The van der Waals surface area contributed by atoms with E-state index in [1.807, 2.05) is 4.90 Å². The number of carbonyl (C=O) groups excluding carboxylic acids is 1. The van der Waals surface area contributed by atoms with Crippen molar-refractivity contribution >= 4 is 16.7 Å². The Labute approximate surface area is 124 Å². The van der Waals surface area contributed by atoms with Crippen LogP contribution in [0.15, 0.2) is 36.4 Å². The van der Waals surface area contributed by atoms with E-state index in [-0.39, 0.29) is 17.5 Å². The van der Waals surface area contributed by atoms with Crippen molar-refractivity contribution in [3.05, 3.63) is 47.5 Å². The van der Waals surface area contributed by atoms with Gasteiger partial charge in [-0.25, -0.2) is 0 Å². The predicted octanol–water partition coefficient (Wildman–Crippen LogP) is 2.81. The molecule has 0 saturated carbocycles. The summed E-state index contributed by atoms with van der Waals surface area (Å²) in [5, 5.41) is 12.5. The minimum atomic E-state index is -0.855. The highest BCUT2D eigenvalue weighted by Gasteiger charge is 2.49. The van der Waals surface area contributed by atoms with Crippen LogP contribution in [-0.2, 0) is 11.2 Å². The lowest BCUT2D eigenvalue weighted by Gasteiger charge is -2.45. The standard InChI is InChI=1S/C18H19NO2/c1-18(2)10-14-12-6-4-3-5-11(12)7-8-13(14)15-9-16(20)17(21)19(15)18/h3-8,15-16,20H,9-10H2,1-2H3. The van der Waals surface area contributed by atoms with Crippen molar-refractivity contribution in [2.24, 2.45) is 0 Å². The van der Waals surface area contributed by atoms with Gasteiger partial charge in [0.2, 0.25) is 0 Å². The third-order valence-electron chi connectivity index (χ3n) is 4.98. The highest BCUT2D eigenvalue weighted by molar-refractivity contribution is 5.90. The summed E-state index contributed by atoms with van der Waals surface area (Å²) in [5.41, 5.74) is 2.29. The first-order valence-corrected chi connectivity index (χ1v) is 7.51. The zero-order chi connectivity index (χ0) is 14.8. The fourth-order valence-electron chi connectivity index (χ4n) is 4.10. The molecule has 0 radical (unpaired) electrons. The molecule has 108 valence electrons. The van der Waals surface area contributed by atoms with Crippen molar-refractivity contribution in [3.8, 4) is 0 Å². The van der Waals surface area contributed by atoms with Crippen LogP contribution in [-0.4, -0.2) is 27.6 Å². The van der Waals surface area contributed by atoms with Crippen LogP contribution in [0.2, 0.25) is 0 Å². The number of fused-ring (bicyclic) bond motifs is 5. The van der Waals surface area contributed by atoms with Gasteiger partial charge in [-0.2, -0.15) is 0 Å². The number of rotatable bonds is 0. The SMILES string of the molecule is CC1(C)Cc2c(ccc3ccccc23)C2CC(O)C(=O)N21.